The second-order valence-electron chi connectivity index (χ2n) is 6.87. The third kappa shape index (κ3) is 4.41. The first-order chi connectivity index (χ1) is 14.9. The molecule has 1 fully saturated rings. The number of hydrogen-bond acceptors (Lipinski definition) is 6. The fourth-order valence-electron chi connectivity index (χ4n) is 2.93. The van der Waals surface area contributed by atoms with E-state index in [0.29, 0.717) is 21.2 Å². The summed E-state index contributed by atoms with van der Waals surface area (Å²) in [5, 5.41) is 4.68. The molecule has 0 saturated heterocycles. The molecule has 0 radical (unpaired) electrons. The first kappa shape index (κ1) is 21.3. The molecular formula is C20H19ClN4O5S. The van der Waals surface area contributed by atoms with Crippen molar-refractivity contribution in [1.29, 1.82) is 0 Å². The Bertz CT molecular complexity index is 1230. The number of carbonyl (C=O) groups excluding carboxylic acids is 1. The fourth-order valence-corrected chi connectivity index (χ4v) is 4.23. The molecular weight excluding hydrogens is 444 g/mol. The van der Waals surface area contributed by atoms with E-state index in [2.05, 4.69) is 14.8 Å². The van der Waals surface area contributed by atoms with Gasteiger partial charge in [-0.3, -0.25) is 4.98 Å². The molecule has 2 aromatic carbocycles. The van der Waals surface area contributed by atoms with Crippen LogP contribution >= 0.6 is 11.6 Å². The van der Waals surface area contributed by atoms with E-state index >= 15 is 0 Å². The molecule has 1 unspecified atom stereocenters. The van der Waals surface area contributed by atoms with Crippen LogP contribution in [0.1, 0.15) is 23.2 Å². The number of carbonyl (C=O) groups is 1. The van der Waals surface area contributed by atoms with E-state index in [9.17, 15) is 13.8 Å². The summed E-state index contributed by atoms with van der Waals surface area (Å²) in [4.78, 5) is 27.6. The van der Waals surface area contributed by atoms with Crippen molar-refractivity contribution in [2.45, 2.75) is 23.8 Å². The van der Waals surface area contributed by atoms with Crippen molar-refractivity contribution in [2.24, 2.45) is 0 Å². The van der Waals surface area contributed by atoms with Gasteiger partial charge in [-0.1, -0.05) is 11.6 Å². The van der Waals surface area contributed by atoms with Crippen molar-refractivity contribution in [3.8, 4) is 22.8 Å². The number of nitrogens with one attached hydrogen (secondary N) is 2. The van der Waals surface area contributed by atoms with Gasteiger partial charge in [-0.05, 0) is 43.2 Å². The second kappa shape index (κ2) is 8.66. The zero-order valence-corrected chi connectivity index (χ0v) is 18.2. The maximum atomic E-state index is 12.6. The summed E-state index contributed by atoms with van der Waals surface area (Å²) in [5.41, 5.74) is 0.530. The molecule has 1 saturated carbocycles. The molecule has 3 aromatic rings. The first-order valence-electron chi connectivity index (χ1n) is 9.35. The first-order valence-corrected chi connectivity index (χ1v) is 10.9. The van der Waals surface area contributed by atoms with Crippen LogP contribution in [-0.4, -0.2) is 45.2 Å². The fraction of sp³-hybridized carbons (Fsp3) is 0.250. The Hall–Kier alpha value is -2.95. The van der Waals surface area contributed by atoms with Crippen LogP contribution in [0.15, 0.2) is 46.1 Å². The third-order valence-corrected chi connectivity index (χ3v) is 6.27. The minimum Gasteiger partial charge on any atom is -0.496 e. The third-order valence-electron chi connectivity index (χ3n) is 4.71. The standard InChI is InChI=1S/C20H19ClN4O5S/c1-29-17-9-12(5-7-14(17)19(26)30-2)25-20(27)22-18(23-25)15-10-13(6-8-16(15)21)31(28)24-11-3-4-11/h5-11,24H,3-4H2,1-2H3,(H,22,23,27). The Morgan fingerprint density at radius 2 is 2.03 bits per heavy atom. The summed E-state index contributed by atoms with van der Waals surface area (Å²) in [6.07, 6.45) is 2.00. The van der Waals surface area contributed by atoms with E-state index in [-0.39, 0.29) is 23.2 Å². The lowest BCUT2D eigenvalue weighted by Gasteiger charge is -2.09. The zero-order chi connectivity index (χ0) is 22.1. The van der Waals surface area contributed by atoms with Gasteiger partial charge in [-0.15, -0.1) is 5.10 Å². The van der Waals surface area contributed by atoms with Crippen LogP contribution in [0.25, 0.3) is 17.1 Å². The highest BCUT2D eigenvalue weighted by molar-refractivity contribution is 7.83. The lowest BCUT2D eigenvalue weighted by Crippen LogP contribution is -2.19. The summed E-state index contributed by atoms with van der Waals surface area (Å²) >= 11 is 6.32. The van der Waals surface area contributed by atoms with E-state index in [1.54, 1.807) is 24.3 Å². The number of aromatic nitrogens is 3. The number of halogens is 1. The Balaban J connectivity index is 1.70. The summed E-state index contributed by atoms with van der Waals surface area (Å²) in [6, 6.07) is 9.73. The topological polar surface area (TPSA) is 115 Å². The van der Waals surface area contributed by atoms with Crippen LogP contribution in [-0.2, 0) is 15.7 Å². The van der Waals surface area contributed by atoms with E-state index in [0.717, 1.165) is 17.5 Å². The Labute approximate surface area is 184 Å². The van der Waals surface area contributed by atoms with Gasteiger partial charge in [0.2, 0.25) is 0 Å². The predicted octanol–water partition coefficient (Wildman–Crippen LogP) is 2.45. The van der Waals surface area contributed by atoms with Crippen LogP contribution in [0.3, 0.4) is 0 Å². The average molecular weight is 463 g/mol. The van der Waals surface area contributed by atoms with Gasteiger partial charge in [0, 0.05) is 17.7 Å². The summed E-state index contributed by atoms with van der Waals surface area (Å²) in [5.74, 6) is -0.103. The highest BCUT2D eigenvalue weighted by Gasteiger charge is 2.24. The number of aromatic amines is 1. The number of nitrogens with zero attached hydrogens (tertiary/aromatic N) is 2. The van der Waals surface area contributed by atoms with E-state index in [1.165, 1.54) is 26.4 Å². The van der Waals surface area contributed by atoms with Gasteiger partial charge >= 0.3 is 11.7 Å². The van der Waals surface area contributed by atoms with Crippen LogP contribution in [0, 0.1) is 0 Å². The quantitative estimate of drug-likeness (QED) is 0.521. The highest BCUT2D eigenvalue weighted by Crippen LogP contribution is 2.29. The van der Waals surface area contributed by atoms with Crippen LogP contribution in [0.5, 0.6) is 5.75 Å². The molecule has 1 atom stereocenters. The van der Waals surface area contributed by atoms with Crippen molar-refractivity contribution < 1.29 is 18.5 Å². The molecule has 4 rings (SSSR count). The van der Waals surface area contributed by atoms with Gasteiger partial charge in [-0.25, -0.2) is 18.5 Å². The Morgan fingerprint density at radius 1 is 1.26 bits per heavy atom. The van der Waals surface area contributed by atoms with Crippen molar-refractivity contribution in [3.05, 3.63) is 57.5 Å². The van der Waals surface area contributed by atoms with Gasteiger partial charge in [0.25, 0.3) is 0 Å². The number of ether oxygens (including phenoxy) is 2. The minimum atomic E-state index is -1.39. The molecule has 0 spiro atoms. The maximum absolute atomic E-state index is 12.6. The lowest BCUT2D eigenvalue weighted by atomic mass is 10.2. The van der Waals surface area contributed by atoms with Crippen LogP contribution in [0.4, 0.5) is 0 Å². The summed E-state index contributed by atoms with van der Waals surface area (Å²) < 4.78 is 26.6. The molecule has 0 bridgehead atoms. The molecule has 1 aromatic heterocycles. The van der Waals surface area contributed by atoms with Gasteiger partial charge in [-0.2, -0.15) is 4.68 Å². The lowest BCUT2D eigenvalue weighted by molar-refractivity contribution is 0.0597. The minimum absolute atomic E-state index is 0.219. The van der Waals surface area contributed by atoms with Gasteiger partial charge < -0.3 is 9.47 Å². The second-order valence-corrected chi connectivity index (χ2v) is 8.52. The summed E-state index contributed by atoms with van der Waals surface area (Å²) in [7, 11) is 1.29. The van der Waals surface area contributed by atoms with Gasteiger partial charge in [0.15, 0.2) is 5.82 Å². The molecule has 1 heterocycles. The smallest absolute Gasteiger partial charge is 0.348 e. The molecule has 1 aliphatic rings. The SMILES string of the molecule is COC(=O)c1ccc(-n2nc(-c3cc(S(=O)NC4CC4)ccc3Cl)[nH]c2=O)cc1OC. The summed E-state index contributed by atoms with van der Waals surface area (Å²) in [6.45, 7) is 0. The number of esters is 1. The average Bonchev–Trinajstić information content (AvgIpc) is 3.51. The molecule has 9 nitrogen and oxygen atoms in total. The van der Waals surface area contributed by atoms with Gasteiger partial charge in [0.1, 0.15) is 22.3 Å². The molecule has 31 heavy (non-hydrogen) atoms. The Morgan fingerprint density at radius 3 is 2.71 bits per heavy atom. The largest absolute Gasteiger partial charge is 0.496 e. The van der Waals surface area contributed by atoms with Crippen molar-refractivity contribution in [2.75, 3.05) is 14.2 Å². The van der Waals surface area contributed by atoms with Gasteiger partial charge in [0.05, 0.1) is 29.8 Å². The number of hydrogen-bond donors (Lipinski definition) is 2. The predicted molar refractivity (Wildman–Crippen MR) is 115 cm³/mol. The number of H-pyrrole nitrogens is 1. The van der Waals surface area contributed by atoms with Crippen molar-refractivity contribution >= 4 is 28.6 Å². The molecule has 0 aliphatic heterocycles. The maximum Gasteiger partial charge on any atom is 0.348 e. The molecule has 0 amide bonds. The number of methoxy groups -OCH3 is 2. The van der Waals surface area contributed by atoms with Crippen molar-refractivity contribution in [1.82, 2.24) is 19.5 Å². The van der Waals surface area contributed by atoms with E-state index < -0.39 is 22.6 Å². The molecule has 2 N–H and O–H groups in total. The normalized spacial score (nSPS) is 14.3. The van der Waals surface area contributed by atoms with E-state index in [4.69, 9.17) is 21.1 Å². The number of benzene rings is 2. The molecule has 162 valence electrons. The molecule has 11 heteroatoms. The van der Waals surface area contributed by atoms with Crippen LogP contribution in [0.2, 0.25) is 5.02 Å². The zero-order valence-electron chi connectivity index (χ0n) is 16.7. The van der Waals surface area contributed by atoms with E-state index in [1.807, 2.05) is 0 Å². The monoisotopic (exact) mass is 462 g/mol. The Kier molecular flexibility index (Phi) is 5.94. The molecule has 1 aliphatic carbocycles. The number of rotatable bonds is 7. The van der Waals surface area contributed by atoms with Crippen molar-refractivity contribution in [3.63, 3.8) is 0 Å². The highest BCUT2D eigenvalue weighted by atomic mass is 35.5. The van der Waals surface area contributed by atoms with Crippen LogP contribution < -0.4 is 15.1 Å².